The van der Waals surface area contributed by atoms with Gasteiger partial charge in [0.25, 0.3) is 0 Å². The minimum Gasteiger partial charge on any atom is -0.464 e. The zero-order chi connectivity index (χ0) is 15.9. The summed E-state index contributed by atoms with van der Waals surface area (Å²) in [5.74, 6) is -0.0448. The number of hydrogen-bond donors (Lipinski definition) is 0. The Labute approximate surface area is 134 Å². The van der Waals surface area contributed by atoms with E-state index in [-0.39, 0.29) is 16.8 Å². The molecule has 2 rings (SSSR count). The van der Waals surface area contributed by atoms with Crippen molar-refractivity contribution in [1.82, 2.24) is 0 Å². The maximum absolute atomic E-state index is 12.5. The molecule has 0 aromatic heterocycles. The van der Waals surface area contributed by atoms with Crippen LogP contribution in [0.5, 0.6) is 0 Å². The van der Waals surface area contributed by atoms with Crippen LogP contribution in [0.3, 0.4) is 0 Å². The summed E-state index contributed by atoms with van der Waals surface area (Å²) in [7, 11) is 0. The quantitative estimate of drug-likeness (QED) is 0.431. The fraction of sp³-hybridized carbons (Fsp3) is 0.944. The monoisotopic (exact) mass is 312 g/mol. The van der Waals surface area contributed by atoms with Gasteiger partial charge in [0.15, 0.2) is 0 Å². The molecule has 4 heteroatoms. The lowest BCUT2D eigenvalue weighted by molar-refractivity contribution is -0.203. The highest BCUT2D eigenvalue weighted by Crippen LogP contribution is 2.38. The molecule has 0 amide bonds. The zero-order valence-corrected chi connectivity index (χ0v) is 14.3. The van der Waals surface area contributed by atoms with Crippen molar-refractivity contribution in [3.8, 4) is 0 Å². The molecule has 0 spiro atoms. The summed E-state index contributed by atoms with van der Waals surface area (Å²) in [5, 5.41) is 0. The summed E-state index contributed by atoms with van der Waals surface area (Å²) in [6.45, 7) is 7.46. The van der Waals surface area contributed by atoms with Crippen LogP contribution in [0, 0.1) is 10.8 Å². The number of ether oxygens (including phenoxy) is 3. The number of carbonyl (C=O) groups is 1. The van der Waals surface area contributed by atoms with Crippen LogP contribution in [0.1, 0.15) is 65.2 Å². The minimum atomic E-state index is -0.357. The molecule has 128 valence electrons. The second-order valence-electron chi connectivity index (χ2n) is 7.26. The molecule has 0 aromatic carbocycles. The fourth-order valence-corrected chi connectivity index (χ4v) is 3.24. The molecule has 0 unspecified atom stereocenters. The molecule has 4 nitrogen and oxygen atoms in total. The van der Waals surface area contributed by atoms with E-state index in [1.54, 1.807) is 0 Å². The molecule has 2 aliphatic heterocycles. The highest BCUT2D eigenvalue weighted by atomic mass is 16.6. The molecule has 2 fully saturated rings. The molecule has 2 heterocycles. The molecule has 0 saturated carbocycles. The third-order valence-corrected chi connectivity index (χ3v) is 5.09. The minimum absolute atomic E-state index is 0.0448. The van der Waals surface area contributed by atoms with Crippen LogP contribution in [-0.4, -0.2) is 39.0 Å². The second-order valence-corrected chi connectivity index (χ2v) is 7.26. The van der Waals surface area contributed by atoms with Gasteiger partial charge in [-0.2, -0.15) is 0 Å². The first-order valence-electron chi connectivity index (χ1n) is 8.99. The van der Waals surface area contributed by atoms with Gasteiger partial charge in [-0.3, -0.25) is 4.79 Å². The van der Waals surface area contributed by atoms with Gasteiger partial charge in [0.1, 0.15) is 12.0 Å². The average molecular weight is 312 g/mol. The van der Waals surface area contributed by atoms with Crippen LogP contribution < -0.4 is 0 Å². The highest BCUT2D eigenvalue weighted by molar-refractivity contribution is 5.78. The molecule has 0 aliphatic carbocycles. The maximum atomic E-state index is 12.5. The molecule has 0 atom stereocenters. The largest absolute Gasteiger partial charge is 0.464 e. The Hall–Kier alpha value is -0.610. The van der Waals surface area contributed by atoms with E-state index in [1.807, 2.05) is 0 Å². The lowest BCUT2D eigenvalue weighted by atomic mass is 9.79. The van der Waals surface area contributed by atoms with E-state index in [0.29, 0.717) is 19.8 Å². The first-order valence-corrected chi connectivity index (χ1v) is 8.99. The van der Waals surface area contributed by atoms with Gasteiger partial charge < -0.3 is 14.2 Å². The molecular weight excluding hydrogens is 280 g/mol. The van der Waals surface area contributed by atoms with E-state index < -0.39 is 0 Å². The van der Waals surface area contributed by atoms with Crippen LogP contribution in [0.2, 0.25) is 0 Å². The number of rotatable bonds is 11. The van der Waals surface area contributed by atoms with Crippen molar-refractivity contribution >= 4 is 5.97 Å². The summed E-state index contributed by atoms with van der Waals surface area (Å²) in [5.41, 5.74) is -0.273. The fourth-order valence-electron chi connectivity index (χ4n) is 3.24. The Morgan fingerprint density at radius 1 is 0.909 bits per heavy atom. The SMILES string of the molecule is CCCCCC1(COC(=O)C2(CCCCC)COC2)COC1. The zero-order valence-electron chi connectivity index (χ0n) is 14.3. The molecule has 22 heavy (non-hydrogen) atoms. The van der Waals surface area contributed by atoms with Crippen molar-refractivity contribution in [3.05, 3.63) is 0 Å². The van der Waals surface area contributed by atoms with Gasteiger partial charge in [-0.1, -0.05) is 52.4 Å². The number of hydrogen-bond acceptors (Lipinski definition) is 4. The Balaban J connectivity index is 1.77. The van der Waals surface area contributed by atoms with Gasteiger partial charge in [-0.15, -0.1) is 0 Å². The standard InChI is InChI=1S/C18H32O4/c1-3-5-7-9-17(11-20-12-17)13-22-16(19)18(14-21-15-18)10-8-6-4-2/h3-15H2,1-2H3. The van der Waals surface area contributed by atoms with Crippen molar-refractivity contribution in [2.75, 3.05) is 33.0 Å². The van der Waals surface area contributed by atoms with Crippen molar-refractivity contribution in [2.45, 2.75) is 65.2 Å². The molecular formula is C18H32O4. The van der Waals surface area contributed by atoms with Crippen molar-refractivity contribution in [3.63, 3.8) is 0 Å². The van der Waals surface area contributed by atoms with E-state index in [4.69, 9.17) is 14.2 Å². The third-order valence-electron chi connectivity index (χ3n) is 5.09. The van der Waals surface area contributed by atoms with Gasteiger partial charge in [0.05, 0.1) is 31.8 Å². The van der Waals surface area contributed by atoms with Gasteiger partial charge in [0.2, 0.25) is 0 Å². The van der Waals surface area contributed by atoms with E-state index in [0.717, 1.165) is 32.5 Å². The van der Waals surface area contributed by atoms with Gasteiger partial charge in [-0.05, 0) is 12.8 Å². The molecule has 0 bridgehead atoms. The smallest absolute Gasteiger partial charge is 0.316 e. The van der Waals surface area contributed by atoms with Crippen molar-refractivity contribution < 1.29 is 19.0 Å². The number of unbranched alkanes of at least 4 members (excludes halogenated alkanes) is 4. The van der Waals surface area contributed by atoms with Crippen molar-refractivity contribution in [1.29, 1.82) is 0 Å². The summed E-state index contributed by atoms with van der Waals surface area (Å²) < 4.78 is 16.4. The van der Waals surface area contributed by atoms with Crippen molar-refractivity contribution in [2.24, 2.45) is 10.8 Å². The Kier molecular flexibility index (Phi) is 6.69. The van der Waals surface area contributed by atoms with E-state index in [1.165, 1.54) is 32.1 Å². The van der Waals surface area contributed by atoms with Crippen LogP contribution >= 0.6 is 0 Å². The Bertz CT molecular complexity index is 345. The van der Waals surface area contributed by atoms with E-state index in [2.05, 4.69) is 13.8 Å². The van der Waals surface area contributed by atoms with Crippen LogP contribution in [0.25, 0.3) is 0 Å². The first-order chi connectivity index (χ1) is 10.7. The lowest BCUT2D eigenvalue weighted by Crippen LogP contribution is -2.52. The van der Waals surface area contributed by atoms with Crippen LogP contribution in [-0.2, 0) is 19.0 Å². The van der Waals surface area contributed by atoms with Gasteiger partial charge in [-0.25, -0.2) is 0 Å². The number of carbonyl (C=O) groups excluding carboxylic acids is 1. The Morgan fingerprint density at radius 2 is 1.50 bits per heavy atom. The lowest BCUT2D eigenvalue weighted by Gasteiger charge is -2.43. The first kappa shape index (κ1) is 17.7. The predicted octanol–water partition coefficient (Wildman–Crippen LogP) is 3.72. The summed E-state index contributed by atoms with van der Waals surface area (Å²) >= 11 is 0. The summed E-state index contributed by atoms with van der Waals surface area (Å²) in [6.07, 6.45) is 9.08. The topological polar surface area (TPSA) is 44.8 Å². The summed E-state index contributed by atoms with van der Waals surface area (Å²) in [4.78, 5) is 12.5. The molecule has 2 aliphatic rings. The number of esters is 1. The molecule has 0 N–H and O–H groups in total. The second kappa shape index (κ2) is 8.30. The van der Waals surface area contributed by atoms with Crippen LogP contribution in [0.15, 0.2) is 0 Å². The summed E-state index contributed by atoms with van der Waals surface area (Å²) in [6, 6.07) is 0. The molecule has 0 radical (unpaired) electrons. The van der Waals surface area contributed by atoms with Gasteiger partial charge >= 0.3 is 5.97 Å². The third kappa shape index (κ3) is 4.23. The molecule has 0 aromatic rings. The predicted molar refractivity (Wildman–Crippen MR) is 85.7 cm³/mol. The molecule has 2 saturated heterocycles. The van der Waals surface area contributed by atoms with Gasteiger partial charge in [0, 0.05) is 0 Å². The normalized spacial score (nSPS) is 21.7. The van der Waals surface area contributed by atoms with E-state index >= 15 is 0 Å². The maximum Gasteiger partial charge on any atom is 0.316 e. The van der Waals surface area contributed by atoms with E-state index in [9.17, 15) is 4.79 Å². The average Bonchev–Trinajstić information content (AvgIpc) is 2.43. The Morgan fingerprint density at radius 3 is 1.95 bits per heavy atom. The van der Waals surface area contributed by atoms with Crippen LogP contribution in [0.4, 0.5) is 0 Å². The highest BCUT2D eigenvalue weighted by Gasteiger charge is 2.48.